The SMILES string of the molecule is C=C1C(=O)N(S)C2=C1C=C[C@](C)(CNC)CC2. The van der Waals surface area contributed by atoms with E-state index in [1.807, 2.05) is 13.1 Å². The van der Waals surface area contributed by atoms with Crippen LogP contribution in [0.5, 0.6) is 0 Å². The summed E-state index contributed by atoms with van der Waals surface area (Å²) < 4.78 is 1.44. The minimum atomic E-state index is -0.0970. The van der Waals surface area contributed by atoms with E-state index >= 15 is 0 Å². The van der Waals surface area contributed by atoms with Gasteiger partial charge in [-0.2, -0.15) is 0 Å². The first-order valence-corrected chi connectivity index (χ1v) is 6.18. The summed E-state index contributed by atoms with van der Waals surface area (Å²) in [7, 11) is 1.96. The Labute approximate surface area is 108 Å². The van der Waals surface area contributed by atoms with Crippen LogP contribution < -0.4 is 5.32 Å². The van der Waals surface area contributed by atoms with Crippen LogP contribution in [0.3, 0.4) is 0 Å². The third kappa shape index (κ3) is 2.07. The molecule has 0 bridgehead atoms. The van der Waals surface area contributed by atoms with Crippen molar-refractivity contribution in [3.8, 4) is 0 Å². The Kier molecular flexibility index (Phi) is 3.19. The highest BCUT2D eigenvalue weighted by Crippen LogP contribution is 2.39. The number of nitrogens with zero attached hydrogens (tertiary/aromatic N) is 1. The van der Waals surface area contributed by atoms with Crippen LogP contribution in [-0.2, 0) is 4.79 Å². The van der Waals surface area contributed by atoms with Crippen molar-refractivity contribution in [2.75, 3.05) is 13.6 Å². The molecule has 2 aliphatic rings. The normalized spacial score (nSPS) is 28.8. The summed E-state index contributed by atoms with van der Waals surface area (Å²) in [5, 5.41) is 3.21. The maximum Gasteiger partial charge on any atom is 0.267 e. The molecule has 1 atom stereocenters. The molecule has 1 heterocycles. The molecule has 0 saturated carbocycles. The molecule has 0 aromatic carbocycles. The summed E-state index contributed by atoms with van der Waals surface area (Å²) in [5.41, 5.74) is 2.61. The van der Waals surface area contributed by atoms with Crippen LogP contribution in [-0.4, -0.2) is 23.8 Å². The fourth-order valence-corrected chi connectivity index (χ4v) is 2.74. The van der Waals surface area contributed by atoms with Crippen molar-refractivity contribution in [1.82, 2.24) is 9.62 Å². The van der Waals surface area contributed by atoms with Crippen LogP contribution in [0.2, 0.25) is 0 Å². The molecule has 0 spiro atoms. The summed E-state index contributed by atoms with van der Waals surface area (Å²) in [6.45, 7) is 6.99. The average Bonchev–Trinajstić information content (AvgIpc) is 2.44. The third-order valence-corrected chi connectivity index (χ3v) is 3.93. The molecule has 92 valence electrons. The van der Waals surface area contributed by atoms with Gasteiger partial charge in [-0.25, -0.2) is 0 Å². The maximum absolute atomic E-state index is 11.7. The fourth-order valence-electron chi connectivity index (χ4n) is 2.41. The third-order valence-electron chi connectivity index (χ3n) is 3.51. The lowest BCUT2D eigenvalue weighted by Gasteiger charge is -2.25. The molecule has 1 N–H and O–H groups in total. The molecule has 0 radical (unpaired) electrons. The van der Waals surface area contributed by atoms with Gasteiger partial charge >= 0.3 is 0 Å². The maximum atomic E-state index is 11.7. The van der Waals surface area contributed by atoms with Crippen molar-refractivity contribution in [1.29, 1.82) is 0 Å². The smallest absolute Gasteiger partial charge is 0.267 e. The lowest BCUT2D eigenvalue weighted by atomic mass is 9.85. The first-order chi connectivity index (χ1) is 7.98. The Morgan fingerprint density at radius 2 is 2.35 bits per heavy atom. The van der Waals surface area contributed by atoms with E-state index < -0.39 is 0 Å². The second kappa shape index (κ2) is 4.35. The van der Waals surface area contributed by atoms with Crippen molar-refractivity contribution in [3.05, 3.63) is 35.6 Å². The summed E-state index contributed by atoms with van der Waals surface area (Å²) >= 11 is 4.24. The van der Waals surface area contributed by atoms with Gasteiger partial charge < -0.3 is 5.32 Å². The van der Waals surface area contributed by atoms with Crippen LogP contribution in [0, 0.1) is 5.41 Å². The molecule has 0 aromatic heterocycles. The van der Waals surface area contributed by atoms with E-state index in [0.29, 0.717) is 5.57 Å². The van der Waals surface area contributed by atoms with Gasteiger partial charge in [0.15, 0.2) is 0 Å². The van der Waals surface area contributed by atoms with Gasteiger partial charge in [0.1, 0.15) is 0 Å². The largest absolute Gasteiger partial charge is 0.319 e. The lowest BCUT2D eigenvalue weighted by Crippen LogP contribution is -2.28. The minimum absolute atomic E-state index is 0.0970. The summed E-state index contributed by atoms with van der Waals surface area (Å²) in [6.07, 6.45) is 6.06. The molecule has 1 amide bonds. The number of allylic oxidation sites excluding steroid dienone is 2. The van der Waals surface area contributed by atoms with Gasteiger partial charge in [-0.05, 0) is 25.3 Å². The van der Waals surface area contributed by atoms with E-state index in [-0.39, 0.29) is 11.3 Å². The van der Waals surface area contributed by atoms with Gasteiger partial charge in [-0.15, -0.1) is 0 Å². The zero-order valence-corrected chi connectivity index (χ0v) is 11.2. The highest BCUT2D eigenvalue weighted by molar-refractivity contribution is 7.78. The molecule has 4 heteroatoms. The Balaban J connectivity index is 2.30. The van der Waals surface area contributed by atoms with Crippen LogP contribution in [0.15, 0.2) is 35.6 Å². The Morgan fingerprint density at radius 3 is 3.00 bits per heavy atom. The average molecular weight is 250 g/mol. The summed E-state index contributed by atoms with van der Waals surface area (Å²) in [6, 6.07) is 0. The highest BCUT2D eigenvalue weighted by Gasteiger charge is 2.34. The van der Waals surface area contributed by atoms with Crippen LogP contribution >= 0.6 is 12.8 Å². The number of carbonyl (C=O) groups is 1. The molecule has 0 fully saturated rings. The number of carbonyl (C=O) groups excluding carboxylic acids is 1. The van der Waals surface area contributed by atoms with Crippen molar-refractivity contribution in [3.63, 3.8) is 0 Å². The van der Waals surface area contributed by atoms with Crippen molar-refractivity contribution in [2.24, 2.45) is 5.41 Å². The van der Waals surface area contributed by atoms with Gasteiger partial charge in [-0.1, -0.05) is 38.5 Å². The van der Waals surface area contributed by atoms with E-state index in [2.05, 4.69) is 37.7 Å². The van der Waals surface area contributed by atoms with Crippen LogP contribution in [0.25, 0.3) is 0 Å². The molecule has 0 saturated heterocycles. The molecule has 0 unspecified atom stereocenters. The molecule has 1 aliphatic heterocycles. The van der Waals surface area contributed by atoms with Crippen LogP contribution in [0.4, 0.5) is 0 Å². The van der Waals surface area contributed by atoms with Crippen LogP contribution in [0.1, 0.15) is 19.8 Å². The fraction of sp³-hybridized carbons (Fsp3) is 0.462. The second-order valence-corrected chi connectivity index (χ2v) is 5.37. The predicted octanol–water partition coefficient (Wildman–Crippen LogP) is 2.06. The molecular formula is C13H18N2OS. The first-order valence-electron chi connectivity index (χ1n) is 5.78. The number of thiol groups is 1. The van der Waals surface area contributed by atoms with E-state index in [1.165, 1.54) is 4.31 Å². The standard InChI is InChI=1S/C13H18N2OS/c1-9-10-4-6-13(2,8-14-3)7-5-11(10)15(17)12(9)16/h4,6,14,17H,1,5,7-8H2,2-3H3/t13-/m0/s1. The van der Waals surface area contributed by atoms with Crippen molar-refractivity contribution < 1.29 is 4.79 Å². The number of amides is 1. The topological polar surface area (TPSA) is 32.3 Å². The van der Waals surface area contributed by atoms with Gasteiger partial charge in [0, 0.05) is 23.4 Å². The van der Waals surface area contributed by atoms with E-state index in [0.717, 1.165) is 30.7 Å². The van der Waals surface area contributed by atoms with Gasteiger partial charge in [-0.3, -0.25) is 9.10 Å². The zero-order valence-electron chi connectivity index (χ0n) is 10.3. The molecule has 3 nitrogen and oxygen atoms in total. The van der Waals surface area contributed by atoms with Crippen molar-refractivity contribution >= 4 is 18.7 Å². The Bertz CT molecular complexity index is 439. The molecular weight excluding hydrogens is 232 g/mol. The van der Waals surface area contributed by atoms with Crippen molar-refractivity contribution in [2.45, 2.75) is 19.8 Å². The number of hydrogen-bond acceptors (Lipinski definition) is 3. The highest BCUT2D eigenvalue weighted by atomic mass is 32.1. The van der Waals surface area contributed by atoms with E-state index in [1.54, 1.807) is 0 Å². The Hall–Kier alpha value is -1.00. The first kappa shape index (κ1) is 12.5. The second-order valence-electron chi connectivity index (χ2n) is 4.97. The predicted molar refractivity (Wildman–Crippen MR) is 72.4 cm³/mol. The number of nitrogens with one attached hydrogen (secondary N) is 1. The monoisotopic (exact) mass is 250 g/mol. The number of hydrogen-bond donors (Lipinski definition) is 2. The summed E-state index contributed by atoms with van der Waals surface area (Å²) in [4.78, 5) is 11.7. The van der Waals surface area contributed by atoms with Gasteiger partial charge in [0.05, 0.1) is 0 Å². The summed E-state index contributed by atoms with van der Waals surface area (Å²) in [5.74, 6) is -0.0970. The van der Waals surface area contributed by atoms with E-state index in [9.17, 15) is 4.79 Å². The molecule has 2 rings (SSSR count). The quantitative estimate of drug-likeness (QED) is 0.581. The van der Waals surface area contributed by atoms with E-state index in [4.69, 9.17) is 0 Å². The molecule has 17 heavy (non-hydrogen) atoms. The molecule has 1 aliphatic carbocycles. The zero-order chi connectivity index (χ0) is 12.6. The lowest BCUT2D eigenvalue weighted by molar-refractivity contribution is -0.120. The van der Waals surface area contributed by atoms with Gasteiger partial charge in [0.2, 0.25) is 0 Å². The minimum Gasteiger partial charge on any atom is -0.319 e. The molecule has 0 aromatic rings. The number of rotatable bonds is 2. The Morgan fingerprint density at radius 1 is 1.65 bits per heavy atom. The van der Waals surface area contributed by atoms with Gasteiger partial charge in [0.25, 0.3) is 5.91 Å².